The van der Waals surface area contributed by atoms with Gasteiger partial charge in [-0.3, -0.25) is 14.7 Å². The lowest BCUT2D eigenvalue weighted by atomic mass is 9.97. The minimum Gasteiger partial charge on any atom is -0.423 e. The van der Waals surface area contributed by atoms with Gasteiger partial charge in [0.2, 0.25) is 12.3 Å². The van der Waals surface area contributed by atoms with Crippen molar-refractivity contribution in [2.75, 3.05) is 33.2 Å². The summed E-state index contributed by atoms with van der Waals surface area (Å²) in [7, 11) is 2.17. The zero-order chi connectivity index (χ0) is 28.9. The summed E-state index contributed by atoms with van der Waals surface area (Å²) >= 11 is 0. The van der Waals surface area contributed by atoms with Crippen LogP contribution >= 0.6 is 0 Å². The molecular formula is C33H33N7O2. The van der Waals surface area contributed by atoms with Crippen molar-refractivity contribution in [3.63, 3.8) is 0 Å². The average molecular weight is 560 g/mol. The van der Waals surface area contributed by atoms with Crippen molar-refractivity contribution >= 4 is 5.78 Å². The smallest absolute Gasteiger partial charge is 0.249 e. The Morgan fingerprint density at radius 2 is 1.71 bits per heavy atom. The Morgan fingerprint density at radius 1 is 0.929 bits per heavy atom. The molecule has 9 nitrogen and oxygen atoms in total. The molecule has 9 heteroatoms. The monoisotopic (exact) mass is 559 g/mol. The third kappa shape index (κ3) is 6.64. The molecule has 0 saturated carbocycles. The number of benzene rings is 2. The lowest BCUT2D eigenvalue weighted by Gasteiger charge is -2.32. The molecule has 0 unspecified atom stereocenters. The highest BCUT2D eigenvalue weighted by Crippen LogP contribution is 2.23. The van der Waals surface area contributed by atoms with E-state index in [4.69, 9.17) is 9.40 Å². The Kier molecular flexibility index (Phi) is 8.21. The molecular weight excluding hydrogens is 526 g/mol. The maximum atomic E-state index is 13.2. The van der Waals surface area contributed by atoms with E-state index in [-0.39, 0.29) is 5.78 Å². The molecule has 0 bridgehead atoms. The second-order valence-corrected chi connectivity index (χ2v) is 10.9. The van der Waals surface area contributed by atoms with Gasteiger partial charge in [-0.25, -0.2) is 9.97 Å². The highest BCUT2D eigenvalue weighted by atomic mass is 16.4. The van der Waals surface area contributed by atoms with Gasteiger partial charge in [0.15, 0.2) is 5.78 Å². The Hall–Kier alpha value is -4.60. The van der Waals surface area contributed by atoms with Gasteiger partial charge in [0.05, 0.1) is 11.3 Å². The van der Waals surface area contributed by atoms with E-state index in [2.05, 4.69) is 68.2 Å². The number of nitrogens with zero attached hydrogens (tertiary/aromatic N) is 7. The molecule has 4 heterocycles. The van der Waals surface area contributed by atoms with Crippen LogP contribution in [0.4, 0.5) is 0 Å². The third-order valence-electron chi connectivity index (χ3n) is 7.75. The number of carbonyl (C=O) groups excluding carboxylic acids is 1. The maximum Gasteiger partial charge on any atom is 0.249 e. The lowest BCUT2D eigenvalue weighted by molar-refractivity contribution is 0.0993. The molecule has 1 fully saturated rings. The predicted octanol–water partition coefficient (Wildman–Crippen LogP) is 4.66. The molecule has 212 valence electrons. The molecule has 5 aromatic rings. The van der Waals surface area contributed by atoms with Gasteiger partial charge >= 0.3 is 0 Å². The van der Waals surface area contributed by atoms with Gasteiger partial charge in [0, 0.05) is 75.3 Å². The van der Waals surface area contributed by atoms with Crippen LogP contribution in [0, 0.1) is 6.92 Å². The number of ketones is 1. The number of piperazine rings is 1. The van der Waals surface area contributed by atoms with Gasteiger partial charge in [-0.2, -0.15) is 0 Å². The number of hydrogen-bond donors (Lipinski definition) is 0. The Bertz CT molecular complexity index is 1660. The summed E-state index contributed by atoms with van der Waals surface area (Å²) < 4.78 is 5.31. The third-order valence-corrected chi connectivity index (χ3v) is 7.75. The molecule has 1 saturated heterocycles. The Morgan fingerprint density at radius 3 is 2.50 bits per heavy atom. The minimum absolute atomic E-state index is 0.114. The summed E-state index contributed by atoms with van der Waals surface area (Å²) in [6.45, 7) is 7.35. The Labute approximate surface area is 245 Å². The predicted molar refractivity (Wildman–Crippen MR) is 160 cm³/mol. The summed E-state index contributed by atoms with van der Waals surface area (Å²) in [5, 5.41) is 7.71. The second kappa shape index (κ2) is 12.5. The van der Waals surface area contributed by atoms with Gasteiger partial charge in [0.1, 0.15) is 5.82 Å². The van der Waals surface area contributed by atoms with Gasteiger partial charge < -0.3 is 9.32 Å². The van der Waals surface area contributed by atoms with Crippen molar-refractivity contribution in [3.8, 4) is 22.7 Å². The highest BCUT2D eigenvalue weighted by Gasteiger charge is 2.15. The molecule has 0 radical (unpaired) electrons. The summed E-state index contributed by atoms with van der Waals surface area (Å²) in [5.41, 5.74) is 7.51. The van der Waals surface area contributed by atoms with Gasteiger partial charge in [-0.05, 0) is 48.4 Å². The second-order valence-electron chi connectivity index (χ2n) is 10.9. The fraction of sp³-hybridized carbons (Fsp3) is 0.273. The van der Waals surface area contributed by atoms with E-state index in [9.17, 15) is 4.79 Å². The van der Waals surface area contributed by atoms with Crippen molar-refractivity contribution in [1.82, 2.24) is 34.9 Å². The van der Waals surface area contributed by atoms with Crippen LogP contribution in [0.5, 0.6) is 0 Å². The molecule has 42 heavy (non-hydrogen) atoms. The van der Waals surface area contributed by atoms with Gasteiger partial charge in [0.25, 0.3) is 0 Å². The van der Waals surface area contributed by atoms with Gasteiger partial charge in [-0.15, -0.1) is 10.2 Å². The van der Waals surface area contributed by atoms with Crippen LogP contribution in [0.3, 0.4) is 0 Å². The largest absolute Gasteiger partial charge is 0.423 e. The van der Waals surface area contributed by atoms with Crippen molar-refractivity contribution < 1.29 is 9.21 Å². The molecule has 2 aromatic carbocycles. The number of rotatable bonds is 9. The molecule has 0 amide bonds. The van der Waals surface area contributed by atoms with Crippen LogP contribution in [0.25, 0.3) is 22.7 Å². The van der Waals surface area contributed by atoms with Crippen LogP contribution in [0.2, 0.25) is 0 Å². The molecule has 0 atom stereocenters. The standard InChI is InChI=1S/C33H33N7O2/c1-23-3-4-25(16-31(41)26-7-5-24(6-8-26)21-40-13-11-39(2)12-14-40)15-27(23)18-32-35-10-9-30(37-32)28-17-29(20-34-19-28)33-38-36-22-42-33/h3-10,15,17,19-20,22H,11-14,16,18,21H2,1-2H3. The van der Waals surface area contributed by atoms with Gasteiger partial charge in [-0.1, -0.05) is 42.5 Å². The molecule has 1 aliphatic heterocycles. The number of Topliss-reactive ketones (excluding diaryl/α,β-unsaturated/α-hetero) is 1. The zero-order valence-electron chi connectivity index (χ0n) is 23.9. The maximum absolute atomic E-state index is 13.2. The molecule has 0 aliphatic carbocycles. The van der Waals surface area contributed by atoms with E-state index in [1.807, 2.05) is 30.3 Å². The minimum atomic E-state index is 0.114. The first kappa shape index (κ1) is 27.6. The fourth-order valence-corrected chi connectivity index (χ4v) is 5.18. The quantitative estimate of drug-likeness (QED) is 0.239. The van der Waals surface area contributed by atoms with Crippen molar-refractivity contribution in [2.45, 2.75) is 26.3 Å². The van der Waals surface area contributed by atoms with Crippen molar-refractivity contribution in [1.29, 1.82) is 0 Å². The summed E-state index contributed by atoms with van der Waals surface area (Å²) in [6, 6.07) is 18.1. The lowest BCUT2D eigenvalue weighted by Crippen LogP contribution is -2.43. The molecule has 1 aliphatic rings. The summed E-state index contributed by atoms with van der Waals surface area (Å²) in [6.07, 6.45) is 7.38. The van der Waals surface area contributed by atoms with Crippen LogP contribution in [0.15, 0.2) is 84.0 Å². The highest BCUT2D eigenvalue weighted by molar-refractivity contribution is 5.97. The summed E-state index contributed by atoms with van der Waals surface area (Å²) in [4.78, 5) is 31.6. The van der Waals surface area contributed by atoms with E-state index in [1.165, 1.54) is 12.0 Å². The van der Waals surface area contributed by atoms with E-state index < -0.39 is 0 Å². The van der Waals surface area contributed by atoms with Crippen LogP contribution in [-0.2, 0) is 19.4 Å². The van der Waals surface area contributed by atoms with E-state index in [0.717, 1.165) is 71.8 Å². The summed E-state index contributed by atoms with van der Waals surface area (Å²) in [5.74, 6) is 1.21. The molecule has 0 spiro atoms. The average Bonchev–Trinajstić information content (AvgIpc) is 3.56. The first-order valence-electron chi connectivity index (χ1n) is 14.2. The molecule has 3 aromatic heterocycles. The fourth-order valence-electron chi connectivity index (χ4n) is 5.18. The van der Waals surface area contributed by atoms with E-state index in [0.29, 0.717) is 24.6 Å². The van der Waals surface area contributed by atoms with Crippen molar-refractivity contribution in [3.05, 3.63) is 113 Å². The molecule has 0 N–H and O–H groups in total. The topological polar surface area (TPSA) is 101 Å². The normalized spacial score (nSPS) is 14.2. The van der Waals surface area contributed by atoms with Crippen molar-refractivity contribution in [2.24, 2.45) is 0 Å². The van der Waals surface area contributed by atoms with Crippen LogP contribution in [0.1, 0.15) is 38.4 Å². The SMILES string of the molecule is Cc1ccc(CC(=O)c2ccc(CN3CCN(C)CC3)cc2)cc1Cc1nccc(-c2cncc(-c3nnco3)c2)n1. The number of likely N-dealkylation sites (N-methyl/N-ethyl adjacent to an activating group) is 1. The number of hydrogen-bond acceptors (Lipinski definition) is 9. The number of carbonyl (C=O) groups is 1. The van der Waals surface area contributed by atoms with E-state index in [1.54, 1.807) is 18.6 Å². The number of aromatic nitrogens is 5. The molecule has 6 rings (SSSR count). The first-order chi connectivity index (χ1) is 20.5. The van der Waals surface area contributed by atoms with E-state index >= 15 is 0 Å². The zero-order valence-corrected chi connectivity index (χ0v) is 23.9. The first-order valence-corrected chi connectivity index (χ1v) is 14.2. The van der Waals surface area contributed by atoms with Crippen LogP contribution < -0.4 is 0 Å². The Balaban J connectivity index is 1.12. The number of aryl methyl sites for hydroxylation is 1. The number of pyridine rings is 1. The van der Waals surface area contributed by atoms with Crippen LogP contribution in [-0.4, -0.2) is 74.0 Å².